The molecule has 1 aromatic rings. The lowest BCUT2D eigenvalue weighted by molar-refractivity contribution is 0.114. The molecule has 1 N–H and O–H groups in total. The molecule has 0 fully saturated rings. The number of rotatable bonds is 0. The van der Waals surface area contributed by atoms with Crippen molar-refractivity contribution in [3.05, 3.63) is 39.9 Å². The van der Waals surface area contributed by atoms with E-state index in [1.807, 2.05) is 30.4 Å². The zero-order chi connectivity index (χ0) is 8.77. The average Bonchev–Trinajstić information content (AvgIpc) is 2.29. The van der Waals surface area contributed by atoms with Crippen molar-refractivity contribution in [3.8, 4) is 0 Å². The molecule has 2 heteroatoms. The van der Waals surface area contributed by atoms with E-state index in [1.54, 1.807) is 6.92 Å². The van der Waals surface area contributed by atoms with E-state index in [1.165, 1.54) is 0 Å². The van der Waals surface area contributed by atoms with Crippen LogP contribution in [0.3, 0.4) is 0 Å². The van der Waals surface area contributed by atoms with Gasteiger partial charge >= 0.3 is 0 Å². The Morgan fingerprint density at radius 1 is 1.42 bits per heavy atom. The van der Waals surface area contributed by atoms with Crippen molar-refractivity contribution < 1.29 is 5.11 Å². The van der Waals surface area contributed by atoms with Crippen LogP contribution < -0.4 is 0 Å². The molecule has 1 nitrogen and oxygen atoms in total. The van der Waals surface area contributed by atoms with Gasteiger partial charge in [-0.1, -0.05) is 34.1 Å². The minimum atomic E-state index is -0.810. The Balaban J connectivity index is 2.70. The van der Waals surface area contributed by atoms with Gasteiger partial charge in [-0.25, -0.2) is 0 Å². The van der Waals surface area contributed by atoms with E-state index in [2.05, 4.69) is 15.9 Å². The predicted octanol–water partition coefficient (Wildman–Crippen LogP) is 2.68. The zero-order valence-corrected chi connectivity index (χ0v) is 8.30. The Hall–Kier alpha value is -0.600. The minimum absolute atomic E-state index is 0.810. The number of aliphatic hydroxyl groups is 1. The van der Waals surface area contributed by atoms with Gasteiger partial charge in [0.05, 0.1) is 0 Å². The van der Waals surface area contributed by atoms with Crippen LogP contribution in [0, 0.1) is 0 Å². The quantitative estimate of drug-likeness (QED) is 0.719. The minimum Gasteiger partial charge on any atom is -0.381 e. The van der Waals surface area contributed by atoms with Crippen molar-refractivity contribution in [2.45, 2.75) is 12.5 Å². The van der Waals surface area contributed by atoms with Crippen molar-refractivity contribution in [1.29, 1.82) is 0 Å². The molecule has 1 aliphatic carbocycles. The summed E-state index contributed by atoms with van der Waals surface area (Å²) < 4.78 is 0.968. The van der Waals surface area contributed by atoms with Crippen molar-refractivity contribution in [3.63, 3.8) is 0 Å². The van der Waals surface area contributed by atoms with Gasteiger partial charge < -0.3 is 5.11 Å². The van der Waals surface area contributed by atoms with Crippen LogP contribution in [0.4, 0.5) is 0 Å². The normalized spacial score (nSPS) is 25.9. The van der Waals surface area contributed by atoms with E-state index in [9.17, 15) is 5.11 Å². The Bertz CT molecular complexity index is 353. The number of fused-ring (bicyclic) bond motifs is 1. The molecule has 0 spiro atoms. The Kier molecular flexibility index (Phi) is 1.63. The van der Waals surface area contributed by atoms with Gasteiger partial charge in [0.15, 0.2) is 0 Å². The van der Waals surface area contributed by atoms with E-state index in [0.29, 0.717) is 0 Å². The topological polar surface area (TPSA) is 20.2 Å². The second-order valence-corrected chi connectivity index (χ2v) is 4.04. The summed E-state index contributed by atoms with van der Waals surface area (Å²) in [6, 6.07) is 5.91. The highest BCUT2D eigenvalue weighted by Gasteiger charge is 2.28. The smallest absolute Gasteiger partial charge is 0.107 e. The summed E-state index contributed by atoms with van der Waals surface area (Å²) in [5.41, 5.74) is 1.24. The Morgan fingerprint density at radius 3 is 2.83 bits per heavy atom. The van der Waals surface area contributed by atoms with Crippen LogP contribution >= 0.6 is 15.9 Å². The molecule has 0 amide bonds. The molecule has 1 unspecified atom stereocenters. The molecule has 0 bridgehead atoms. The predicted molar refractivity (Wildman–Crippen MR) is 52.7 cm³/mol. The second kappa shape index (κ2) is 2.44. The maximum absolute atomic E-state index is 9.91. The fourth-order valence-electron chi connectivity index (χ4n) is 1.55. The summed E-state index contributed by atoms with van der Waals surface area (Å²) in [5, 5.41) is 9.91. The fraction of sp³-hybridized carbons (Fsp3) is 0.200. The van der Waals surface area contributed by atoms with Crippen LogP contribution in [0.25, 0.3) is 6.08 Å². The first-order valence-corrected chi connectivity index (χ1v) is 4.61. The highest BCUT2D eigenvalue weighted by molar-refractivity contribution is 9.10. The summed E-state index contributed by atoms with van der Waals surface area (Å²) in [4.78, 5) is 0. The summed E-state index contributed by atoms with van der Waals surface area (Å²) in [7, 11) is 0. The van der Waals surface area contributed by atoms with Gasteiger partial charge in [-0.15, -0.1) is 0 Å². The van der Waals surface area contributed by atoms with Crippen LogP contribution in [-0.2, 0) is 5.60 Å². The van der Waals surface area contributed by atoms with Crippen LogP contribution in [0.15, 0.2) is 28.7 Å². The van der Waals surface area contributed by atoms with E-state index in [0.717, 1.165) is 15.6 Å². The maximum atomic E-state index is 9.91. The molecule has 0 saturated carbocycles. The third-order valence-corrected chi connectivity index (χ3v) is 2.80. The molecule has 1 atom stereocenters. The molecule has 0 saturated heterocycles. The largest absolute Gasteiger partial charge is 0.381 e. The van der Waals surface area contributed by atoms with Crippen molar-refractivity contribution in [2.75, 3.05) is 0 Å². The van der Waals surface area contributed by atoms with Crippen molar-refractivity contribution in [1.82, 2.24) is 0 Å². The van der Waals surface area contributed by atoms with Crippen LogP contribution in [-0.4, -0.2) is 5.11 Å². The Labute approximate surface area is 79.9 Å². The molecular weight excluding hydrogens is 216 g/mol. The van der Waals surface area contributed by atoms with E-state index in [-0.39, 0.29) is 0 Å². The van der Waals surface area contributed by atoms with E-state index in [4.69, 9.17) is 0 Å². The fourth-order valence-corrected chi connectivity index (χ4v) is 2.33. The van der Waals surface area contributed by atoms with Gasteiger partial charge in [0.1, 0.15) is 5.60 Å². The third-order valence-electron chi connectivity index (χ3n) is 2.14. The zero-order valence-electron chi connectivity index (χ0n) is 6.71. The molecular formula is C10H9BrO. The lowest BCUT2D eigenvalue weighted by Crippen LogP contribution is -2.15. The average molecular weight is 225 g/mol. The lowest BCUT2D eigenvalue weighted by Gasteiger charge is -2.17. The Morgan fingerprint density at radius 2 is 2.17 bits per heavy atom. The second-order valence-electron chi connectivity index (χ2n) is 3.18. The van der Waals surface area contributed by atoms with Gasteiger partial charge in [-0.2, -0.15) is 0 Å². The van der Waals surface area contributed by atoms with Crippen LogP contribution in [0.1, 0.15) is 18.1 Å². The van der Waals surface area contributed by atoms with Gasteiger partial charge in [-0.3, -0.25) is 0 Å². The highest BCUT2D eigenvalue weighted by atomic mass is 79.9. The van der Waals surface area contributed by atoms with Gasteiger partial charge in [0.2, 0.25) is 0 Å². The summed E-state index contributed by atoms with van der Waals surface area (Å²) >= 11 is 3.42. The van der Waals surface area contributed by atoms with Crippen molar-refractivity contribution >= 4 is 22.0 Å². The van der Waals surface area contributed by atoms with Crippen molar-refractivity contribution in [2.24, 2.45) is 0 Å². The molecule has 1 aliphatic rings. The summed E-state index contributed by atoms with van der Waals surface area (Å²) in [5.74, 6) is 0. The summed E-state index contributed by atoms with van der Waals surface area (Å²) in [6.07, 6.45) is 3.75. The molecule has 12 heavy (non-hydrogen) atoms. The monoisotopic (exact) mass is 224 g/mol. The van der Waals surface area contributed by atoms with E-state index >= 15 is 0 Å². The number of halogens is 1. The highest BCUT2D eigenvalue weighted by Crippen LogP contribution is 2.38. The number of hydrogen-bond acceptors (Lipinski definition) is 1. The van der Waals surface area contributed by atoms with E-state index < -0.39 is 5.60 Å². The molecule has 0 aliphatic heterocycles. The standard InChI is InChI=1S/C10H9BrO/c1-10(12)6-5-7-3-2-4-8(11)9(7)10/h2-6,12H,1H3. The molecule has 1 aromatic carbocycles. The van der Waals surface area contributed by atoms with Crippen LogP contribution in [0.5, 0.6) is 0 Å². The molecule has 62 valence electrons. The van der Waals surface area contributed by atoms with Gasteiger partial charge in [-0.05, 0) is 24.6 Å². The van der Waals surface area contributed by atoms with Crippen LogP contribution in [0.2, 0.25) is 0 Å². The van der Waals surface area contributed by atoms with Gasteiger partial charge in [0, 0.05) is 10.0 Å². The first-order valence-electron chi connectivity index (χ1n) is 3.82. The molecule has 0 heterocycles. The number of benzene rings is 1. The first-order chi connectivity index (χ1) is 5.61. The lowest BCUT2D eigenvalue weighted by atomic mass is 9.98. The molecule has 2 rings (SSSR count). The summed E-state index contributed by atoms with van der Waals surface area (Å²) in [6.45, 7) is 1.79. The molecule has 0 radical (unpaired) electrons. The maximum Gasteiger partial charge on any atom is 0.107 e. The number of hydrogen-bond donors (Lipinski definition) is 1. The SMILES string of the molecule is CC1(O)C=Cc2cccc(Br)c21. The van der Waals surface area contributed by atoms with Gasteiger partial charge in [0.25, 0.3) is 0 Å². The molecule has 0 aromatic heterocycles. The first kappa shape index (κ1) is 8.02. The third kappa shape index (κ3) is 1.03.